The third kappa shape index (κ3) is 3.86. The van der Waals surface area contributed by atoms with Crippen molar-refractivity contribution in [3.05, 3.63) is 62.6 Å². The van der Waals surface area contributed by atoms with Gasteiger partial charge in [-0.25, -0.2) is 4.90 Å². The first-order chi connectivity index (χ1) is 12.1. The molecule has 2 amide bonds. The summed E-state index contributed by atoms with van der Waals surface area (Å²) in [5, 5.41) is 8.26. The fourth-order valence-electron chi connectivity index (χ4n) is 2.25. The molecule has 7 heteroatoms. The third-order valence-electron chi connectivity index (χ3n) is 3.35. The molecule has 1 aliphatic heterocycles. The SMILES string of the molecule is N#CCOc1ccc(/C=C2\SC(=O)N(c3ccccc3)C2=O)cc1I. The van der Waals surface area contributed by atoms with Crippen molar-refractivity contribution in [3.63, 3.8) is 0 Å². The molecule has 0 aliphatic carbocycles. The molecule has 0 radical (unpaired) electrons. The van der Waals surface area contributed by atoms with E-state index in [1.807, 2.05) is 18.2 Å². The van der Waals surface area contributed by atoms with Gasteiger partial charge in [-0.1, -0.05) is 24.3 Å². The first-order valence-electron chi connectivity index (χ1n) is 7.22. The fraction of sp³-hybridized carbons (Fsp3) is 0.0556. The highest BCUT2D eigenvalue weighted by Crippen LogP contribution is 2.36. The van der Waals surface area contributed by atoms with Crippen LogP contribution in [0.1, 0.15) is 5.56 Å². The predicted octanol–water partition coefficient (Wildman–Crippen LogP) is 4.43. The molecular formula is C18H11IN2O3S. The number of benzene rings is 2. The van der Waals surface area contributed by atoms with Crippen molar-refractivity contribution in [1.82, 2.24) is 0 Å². The highest BCUT2D eigenvalue weighted by molar-refractivity contribution is 14.1. The van der Waals surface area contributed by atoms with Gasteiger partial charge in [0.1, 0.15) is 11.8 Å². The minimum absolute atomic E-state index is 0.0225. The van der Waals surface area contributed by atoms with Gasteiger partial charge in [0.15, 0.2) is 6.61 Å². The summed E-state index contributed by atoms with van der Waals surface area (Å²) in [5.74, 6) is 0.276. The van der Waals surface area contributed by atoms with E-state index in [1.54, 1.807) is 42.5 Å². The van der Waals surface area contributed by atoms with Crippen molar-refractivity contribution in [2.45, 2.75) is 0 Å². The number of nitrogens with zero attached hydrogens (tertiary/aromatic N) is 2. The van der Waals surface area contributed by atoms with Crippen LogP contribution in [0.15, 0.2) is 53.4 Å². The maximum Gasteiger partial charge on any atom is 0.298 e. The minimum Gasteiger partial charge on any atom is -0.478 e. The van der Waals surface area contributed by atoms with Crippen LogP contribution in [0.5, 0.6) is 5.75 Å². The lowest BCUT2D eigenvalue weighted by Crippen LogP contribution is -2.27. The second-order valence-corrected chi connectivity index (χ2v) is 7.14. The van der Waals surface area contributed by atoms with E-state index in [-0.39, 0.29) is 17.8 Å². The van der Waals surface area contributed by atoms with Crippen LogP contribution < -0.4 is 9.64 Å². The van der Waals surface area contributed by atoms with Crippen LogP contribution in [0.25, 0.3) is 6.08 Å². The molecule has 3 rings (SSSR count). The molecule has 1 aliphatic rings. The number of carbonyl (C=O) groups excluding carboxylic acids is 2. The maximum absolute atomic E-state index is 12.6. The summed E-state index contributed by atoms with van der Waals surface area (Å²) in [7, 11) is 0. The van der Waals surface area contributed by atoms with Crippen molar-refractivity contribution in [2.24, 2.45) is 0 Å². The Morgan fingerprint density at radius 1 is 1.20 bits per heavy atom. The molecule has 0 spiro atoms. The lowest BCUT2D eigenvalue weighted by Gasteiger charge is -2.11. The molecule has 0 bridgehead atoms. The zero-order chi connectivity index (χ0) is 17.8. The summed E-state index contributed by atoms with van der Waals surface area (Å²) in [6.07, 6.45) is 1.68. The standard InChI is InChI=1S/C18H11IN2O3S/c19-14-10-12(6-7-15(14)24-9-8-20)11-16-17(22)21(18(23)25-16)13-4-2-1-3-5-13/h1-7,10-11H,9H2/b16-11-. The summed E-state index contributed by atoms with van der Waals surface area (Å²) in [6, 6.07) is 16.1. The van der Waals surface area contributed by atoms with E-state index in [2.05, 4.69) is 22.6 Å². The molecule has 1 saturated heterocycles. The number of para-hydroxylation sites is 1. The smallest absolute Gasteiger partial charge is 0.298 e. The Hall–Kier alpha value is -2.31. The number of imide groups is 1. The Morgan fingerprint density at radius 2 is 1.96 bits per heavy atom. The largest absolute Gasteiger partial charge is 0.478 e. The van der Waals surface area contributed by atoms with Crippen LogP contribution in [0.2, 0.25) is 0 Å². The number of thioether (sulfide) groups is 1. The number of rotatable bonds is 4. The van der Waals surface area contributed by atoms with Gasteiger partial charge in [-0.3, -0.25) is 9.59 Å². The zero-order valence-electron chi connectivity index (χ0n) is 12.8. The van der Waals surface area contributed by atoms with Gasteiger partial charge in [0.25, 0.3) is 11.1 Å². The lowest BCUT2D eigenvalue weighted by molar-refractivity contribution is -0.113. The molecule has 124 valence electrons. The van der Waals surface area contributed by atoms with Crippen LogP contribution in [-0.4, -0.2) is 17.8 Å². The van der Waals surface area contributed by atoms with Gasteiger partial charge in [0.2, 0.25) is 0 Å². The molecule has 0 saturated carbocycles. The topological polar surface area (TPSA) is 70.4 Å². The number of hydrogen-bond donors (Lipinski definition) is 0. The van der Waals surface area contributed by atoms with Crippen molar-refractivity contribution in [1.29, 1.82) is 5.26 Å². The number of ether oxygens (including phenoxy) is 1. The van der Waals surface area contributed by atoms with Crippen LogP contribution in [0, 0.1) is 14.9 Å². The summed E-state index contributed by atoms with van der Waals surface area (Å²) in [5.41, 5.74) is 1.34. The molecule has 0 unspecified atom stereocenters. The van der Waals surface area contributed by atoms with E-state index in [0.717, 1.165) is 20.9 Å². The van der Waals surface area contributed by atoms with Gasteiger partial charge in [0.05, 0.1) is 14.2 Å². The highest BCUT2D eigenvalue weighted by Gasteiger charge is 2.36. The van der Waals surface area contributed by atoms with Crippen LogP contribution >= 0.6 is 34.4 Å². The van der Waals surface area contributed by atoms with Crippen LogP contribution in [0.3, 0.4) is 0 Å². The van der Waals surface area contributed by atoms with Gasteiger partial charge in [-0.15, -0.1) is 0 Å². The predicted molar refractivity (Wildman–Crippen MR) is 105 cm³/mol. The first kappa shape index (κ1) is 17.5. The van der Waals surface area contributed by atoms with Crippen molar-refractivity contribution in [3.8, 4) is 11.8 Å². The number of anilines is 1. The Bertz CT molecular complexity index is 906. The Labute approximate surface area is 162 Å². The number of amides is 2. The minimum atomic E-state index is -0.332. The lowest BCUT2D eigenvalue weighted by atomic mass is 10.2. The summed E-state index contributed by atoms with van der Waals surface area (Å²) >= 11 is 3.02. The summed E-state index contributed by atoms with van der Waals surface area (Å²) < 4.78 is 6.12. The van der Waals surface area contributed by atoms with Gasteiger partial charge >= 0.3 is 0 Å². The third-order valence-corrected chi connectivity index (χ3v) is 5.07. The molecule has 0 atom stereocenters. The van der Waals surface area contributed by atoms with E-state index >= 15 is 0 Å². The Kier molecular flexibility index (Phi) is 5.40. The van der Waals surface area contributed by atoms with E-state index in [1.165, 1.54) is 4.90 Å². The molecule has 2 aromatic rings. The second kappa shape index (κ2) is 7.72. The highest BCUT2D eigenvalue weighted by atomic mass is 127. The number of hydrogen-bond acceptors (Lipinski definition) is 5. The summed E-state index contributed by atoms with van der Waals surface area (Å²) in [6.45, 7) is -0.0225. The second-order valence-electron chi connectivity index (χ2n) is 4.99. The zero-order valence-corrected chi connectivity index (χ0v) is 15.8. The van der Waals surface area contributed by atoms with Crippen molar-refractivity contribution in [2.75, 3.05) is 11.5 Å². The monoisotopic (exact) mass is 462 g/mol. The number of nitriles is 1. The summed E-state index contributed by atoms with van der Waals surface area (Å²) in [4.78, 5) is 26.3. The van der Waals surface area contributed by atoms with Gasteiger partial charge in [-0.2, -0.15) is 5.26 Å². The fourth-order valence-corrected chi connectivity index (χ4v) is 3.79. The molecule has 5 nitrogen and oxygen atoms in total. The molecule has 0 N–H and O–H groups in total. The molecule has 25 heavy (non-hydrogen) atoms. The van der Waals surface area contributed by atoms with E-state index in [0.29, 0.717) is 16.3 Å². The first-order valence-corrected chi connectivity index (χ1v) is 9.12. The number of halogens is 1. The van der Waals surface area contributed by atoms with Crippen molar-refractivity contribution >= 4 is 57.3 Å². The average molecular weight is 462 g/mol. The quantitative estimate of drug-likeness (QED) is 0.497. The normalized spacial score (nSPS) is 15.5. The van der Waals surface area contributed by atoms with E-state index < -0.39 is 0 Å². The Balaban J connectivity index is 1.85. The molecular weight excluding hydrogens is 451 g/mol. The van der Waals surface area contributed by atoms with Gasteiger partial charge in [0, 0.05) is 0 Å². The molecule has 1 heterocycles. The number of carbonyl (C=O) groups is 2. The molecule has 0 aromatic heterocycles. The average Bonchev–Trinajstić information content (AvgIpc) is 2.88. The van der Waals surface area contributed by atoms with Crippen LogP contribution in [0.4, 0.5) is 10.5 Å². The Morgan fingerprint density at radius 3 is 2.64 bits per heavy atom. The van der Waals surface area contributed by atoms with Gasteiger partial charge < -0.3 is 4.74 Å². The van der Waals surface area contributed by atoms with Gasteiger partial charge in [-0.05, 0) is 70.3 Å². The maximum atomic E-state index is 12.6. The molecule has 1 fully saturated rings. The molecule has 2 aromatic carbocycles. The van der Waals surface area contributed by atoms with E-state index in [9.17, 15) is 9.59 Å². The van der Waals surface area contributed by atoms with Crippen molar-refractivity contribution < 1.29 is 14.3 Å². The van der Waals surface area contributed by atoms with Crippen LogP contribution in [-0.2, 0) is 4.79 Å². The van der Waals surface area contributed by atoms with E-state index in [4.69, 9.17) is 10.00 Å².